The van der Waals surface area contributed by atoms with E-state index in [2.05, 4.69) is 56.5 Å². The van der Waals surface area contributed by atoms with E-state index in [1.165, 1.54) is 23.7 Å². The lowest BCUT2D eigenvalue weighted by atomic mass is 10.1. The lowest BCUT2D eigenvalue weighted by Crippen LogP contribution is -2.16. The molecule has 4 aromatic rings. The molecule has 3 aromatic heterocycles. The van der Waals surface area contributed by atoms with E-state index >= 15 is 0 Å². The van der Waals surface area contributed by atoms with Gasteiger partial charge in [0.15, 0.2) is 5.16 Å². The number of fused-ring (bicyclic) bond motifs is 1. The van der Waals surface area contributed by atoms with Crippen LogP contribution in [0.1, 0.15) is 48.4 Å². The first-order valence-corrected chi connectivity index (χ1v) is 13.8. The molecule has 2 aliphatic rings. The van der Waals surface area contributed by atoms with E-state index in [-0.39, 0.29) is 17.7 Å². The third-order valence-electron chi connectivity index (χ3n) is 7.06. The summed E-state index contributed by atoms with van der Waals surface area (Å²) in [6, 6.07) is 13.8. The maximum absolute atomic E-state index is 12.9. The van der Waals surface area contributed by atoms with Gasteiger partial charge in [0, 0.05) is 29.4 Å². The Morgan fingerprint density at radius 2 is 1.89 bits per heavy atom. The van der Waals surface area contributed by atoms with Crippen LogP contribution in [0.15, 0.2) is 60.0 Å². The van der Waals surface area contributed by atoms with E-state index < -0.39 is 0 Å². The van der Waals surface area contributed by atoms with Gasteiger partial charge in [-0.2, -0.15) is 0 Å². The van der Waals surface area contributed by atoms with Crippen LogP contribution < -0.4 is 10.6 Å². The van der Waals surface area contributed by atoms with Crippen LogP contribution in [0.2, 0.25) is 5.02 Å². The SMILES string of the molecule is CSc1nc(NCc2cn3cc(C4CC4C)ccc3n2)cc(NC(=O)[C@H]2CC2c2cccc(Cl)c2)n1. The summed E-state index contributed by atoms with van der Waals surface area (Å²) < 4.78 is 2.10. The van der Waals surface area contributed by atoms with E-state index in [4.69, 9.17) is 16.6 Å². The minimum absolute atomic E-state index is 0.0298. The van der Waals surface area contributed by atoms with Crippen molar-refractivity contribution in [1.29, 1.82) is 0 Å². The zero-order chi connectivity index (χ0) is 24.8. The Hall–Kier alpha value is -3.10. The first-order valence-electron chi connectivity index (χ1n) is 12.2. The molecule has 2 fully saturated rings. The summed E-state index contributed by atoms with van der Waals surface area (Å²) in [5, 5.41) is 7.62. The van der Waals surface area contributed by atoms with Crippen molar-refractivity contribution in [3.63, 3.8) is 0 Å². The fraction of sp³-hybridized carbons (Fsp3) is 0.333. The van der Waals surface area contributed by atoms with Crippen molar-refractivity contribution < 1.29 is 4.79 Å². The highest BCUT2D eigenvalue weighted by Crippen LogP contribution is 2.48. The number of carbonyl (C=O) groups excluding carboxylic acids is 1. The number of pyridine rings is 1. The maximum Gasteiger partial charge on any atom is 0.229 e. The predicted molar refractivity (Wildman–Crippen MR) is 144 cm³/mol. The summed E-state index contributed by atoms with van der Waals surface area (Å²) in [5.41, 5.74) is 4.33. The monoisotopic (exact) mass is 518 g/mol. The third-order valence-corrected chi connectivity index (χ3v) is 7.84. The second kappa shape index (κ2) is 9.41. The quantitative estimate of drug-likeness (QED) is 0.220. The molecule has 2 N–H and O–H groups in total. The Balaban J connectivity index is 1.12. The van der Waals surface area contributed by atoms with Crippen molar-refractivity contribution in [1.82, 2.24) is 19.4 Å². The Bertz CT molecular complexity index is 1460. The number of rotatable bonds is 8. The fourth-order valence-electron chi connectivity index (χ4n) is 4.81. The maximum atomic E-state index is 12.9. The van der Waals surface area contributed by atoms with Gasteiger partial charge < -0.3 is 15.0 Å². The van der Waals surface area contributed by atoms with Crippen LogP contribution in [0.4, 0.5) is 11.6 Å². The van der Waals surface area contributed by atoms with Crippen LogP contribution in [0.5, 0.6) is 0 Å². The summed E-state index contributed by atoms with van der Waals surface area (Å²) in [6.07, 6.45) is 8.25. The number of benzene rings is 1. The van der Waals surface area contributed by atoms with Crippen LogP contribution >= 0.6 is 23.4 Å². The predicted octanol–water partition coefficient (Wildman–Crippen LogP) is 5.98. The van der Waals surface area contributed by atoms with Gasteiger partial charge in [0.25, 0.3) is 0 Å². The lowest BCUT2D eigenvalue weighted by Gasteiger charge is -2.09. The molecule has 4 atom stereocenters. The molecule has 7 nitrogen and oxygen atoms in total. The molecule has 0 spiro atoms. The Morgan fingerprint density at radius 3 is 2.67 bits per heavy atom. The topological polar surface area (TPSA) is 84.2 Å². The van der Waals surface area contributed by atoms with Crippen molar-refractivity contribution in [3.8, 4) is 0 Å². The molecule has 0 saturated heterocycles. The number of aromatic nitrogens is 4. The number of nitrogens with one attached hydrogen (secondary N) is 2. The number of hydrogen-bond donors (Lipinski definition) is 2. The first-order chi connectivity index (χ1) is 17.5. The molecular weight excluding hydrogens is 492 g/mol. The molecule has 2 aliphatic carbocycles. The van der Waals surface area contributed by atoms with Gasteiger partial charge in [-0.25, -0.2) is 15.0 Å². The average molecular weight is 519 g/mol. The molecule has 36 heavy (non-hydrogen) atoms. The summed E-state index contributed by atoms with van der Waals surface area (Å²) in [5.74, 6) is 2.68. The Kier molecular flexibility index (Phi) is 6.09. The van der Waals surface area contributed by atoms with Crippen molar-refractivity contribution in [2.24, 2.45) is 11.8 Å². The van der Waals surface area contributed by atoms with Crippen LogP contribution in [-0.2, 0) is 11.3 Å². The standard InChI is InChI=1S/C27H27ClN6OS/c1-15-8-20(15)17-6-7-25-30-19(14-34(25)13-17)12-29-23-11-24(33-27(32-23)36-2)31-26(35)22-10-21(22)16-4-3-5-18(28)9-16/h3-7,9,11,13-15,20-22H,8,10,12H2,1-2H3,(H2,29,31,32,33,35)/t15?,20?,21?,22-/m0/s1. The minimum atomic E-state index is -0.0749. The van der Waals surface area contributed by atoms with Gasteiger partial charge in [-0.3, -0.25) is 4.79 Å². The van der Waals surface area contributed by atoms with E-state index in [1.54, 1.807) is 6.07 Å². The molecule has 3 heterocycles. The lowest BCUT2D eigenvalue weighted by molar-refractivity contribution is -0.117. The number of carbonyl (C=O) groups is 1. The van der Waals surface area contributed by atoms with Crippen molar-refractivity contribution in [2.45, 2.75) is 43.3 Å². The molecule has 9 heteroatoms. The van der Waals surface area contributed by atoms with Gasteiger partial charge in [0.05, 0.1) is 12.2 Å². The highest BCUT2D eigenvalue weighted by Gasteiger charge is 2.44. The number of thioether (sulfide) groups is 1. The summed E-state index contributed by atoms with van der Waals surface area (Å²) in [6.45, 7) is 2.82. The third kappa shape index (κ3) is 4.92. The van der Waals surface area contributed by atoms with Crippen LogP contribution in [-0.4, -0.2) is 31.5 Å². The number of hydrogen-bond acceptors (Lipinski definition) is 6. The second-order valence-corrected chi connectivity index (χ2v) is 11.0. The van der Waals surface area contributed by atoms with Gasteiger partial charge >= 0.3 is 0 Å². The Labute approximate surface area is 219 Å². The number of imidazole rings is 1. The molecule has 184 valence electrons. The van der Waals surface area contributed by atoms with Gasteiger partial charge in [-0.1, -0.05) is 48.5 Å². The van der Waals surface area contributed by atoms with Crippen LogP contribution in [0.25, 0.3) is 5.65 Å². The zero-order valence-electron chi connectivity index (χ0n) is 20.1. The Morgan fingerprint density at radius 1 is 1.06 bits per heavy atom. The molecule has 1 amide bonds. The van der Waals surface area contributed by atoms with Crippen molar-refractivity contribution >= 4 is 46.6 Å². The largest absolute Gasteiger partial charge is 0.364 e. The van der Waals surface area contributed by atoms with Gasteiger partial charge in [0.1, 0.15) is 17.3 Å². The number of nitrogens with zero attached hydrogens (tertiary/aromatic N) is 4. The van der Waals surface area contributed by atoms with Crippen LogP contribution in [0, 0.1) is 11.8 Å². The molecule has 0 aliphatic heterocycles. The summed E-state index contributed by atoms with van der Waals surface area (Å²) >= 11 is 7.55. The van der Waals surface area contributed by atoms with E-state index in [1.807, 2.05) is 30.5 Å². The number of anilines is 2. The molecule has 2 saturated carbocycles. The highest BCUT2D eigenvalue weighted by atomic mass is 35.5. The second-order valence-electron chi connectivity index (χ2n) is 9.75. The smallest absolute Gasteiger partial charge is 0.229 e. The summed E-state index contributed by atoms with van der Waals surface area (Å²) in [7, 11) is 0. The normalized spacial score (nSPS) is 22.4. The summed E-state index contributed by atoms with van der Waals surface area (Å²) in [4.78, 5) is 26.7. The zero-order valence-corrected chi connectivity index (χ0v) is 21.7. The number of amides is 1. The molecule has 3 unspecified atom stereocenters. The molecule has 6 rings (SSSR count). The first kappa shape index (κ1) is 23.3. The highest BCUT2D eigenvalue weighted by molar-refractivity contribution is 7.98. The van der Waals surface area contributed by atoms with E-state index in [0.29, 0.717) is 34.3 Å². The number of halogens is 1. The fourth-order valence-corrected chi connectivity index (χ4v) is 5.39. The molecule has 0 bridgehead atoms. The molecule has 0 radical (unpaired) electrons. The van der Waals surface area contributed by atoms with Gasteiger partial charge in [0.2, 0.25) is 5.91 Å². The van der Waals surface area contributed by atoms with E-state index in [9.17, 15) is 4.79 Å². The average Bonchev–Trinajstić information content (AvgIpc) is 3.78. The molecular formula is C27H27ClN6OS. The van der Waals surface area contributed by atoms with Gasteiger partial charge in [-0.15, -0.1) is 0 Å². The van der Waals surface area contributed by atoms with Crippen molar-refractivity contribution in [2.75, 3.05) is 16.9 Å². The minimum Gasteiger partial charge on any atom is -0.364 e. The molecule has 1 aromatic carbocycles. The van der Waals surface area contributed by atoms with Crippen LogP contribution in [0.3, 0.4) is 0 Å². The van der Waals surface area contributed by atoms with Crippen molar-refractivity contribution in [3.05, 3.63) is 76.7 Å². The van der Waals surface area contributed by atoms with Gasteiger partial charge in [-0.05, 0) is 66.2 Å². The van der Waals surface area contributed by atoms with E-state index in [0.717, 1.165) is 29.2 Å².